The summed E-state index contributed by atoms with van der Waals surface area (Å²) in [6, 6.07) is 11.5. The molecular weight excluding hydrogens is 206 g/mol. The Balaban J connectivity index is 2.07. The van der Waals surface area contributed by atoms with Gasteiger partial charge >= 0.3 is 0 Å². The van der Waals surface area contributed by atoms with Gasteiger partial charge in [0, 0.05) is 6.04 Å². The third kappa shape index (κ3) is 6.48. The molecule has 96 valence electrons. The molecule has 0 amide bonds. The first-order valence-electron chi connectivity index (χ1n) is 6.98. The van der Waals surface area contributed by atoms with E-state index in [9.17, 15) is 0 Å². The normalized spacial score (nSPS) is 12.9. The second-order valence-corrected chi connectivity index (χ2v) is 5.27. The first-order chi connectivity index (χ1) is 8.20. The summed E-state index contributed by atoms with van der Waals surface area (Å²) in [6.45, 7) is 7.91. The molecule has 0 spiro atoms. The number of hydrogen-bond donors (Lipinski definition) is 1. The van der Waals surface area contributed by atoms with Crippen molar-refractivity contribution in [2.75, 3.05) is 6.54 Å². The third-order valence-corrected chi connectivity index (χ3v) is 3.24. The highest BCUT2D eigenvalue weighted by molar-refractivity contribution is 5.18. The van der Waals surface area contributed by atoms with E-state index in [1.165, 1.54) is 31.2 Å². The van der Waals surface area contributed by atoms with Crippen molar-refractivity contribution in [3.8, 4) is 0 Å². The lowest BCUT2D eigenvalue weighted by atomic mass is 9.95. The Labute approximate surface area is 107 Å². The monoisotopic (exact) mass is 233 g/mol. The van der Waals surface area contributed by atoms with Gasteiger partial charge in [-0.3, -0.25) is 0 Å². The fourth-order valence-electron chi connectivity index (χ4n) is 2.09. The first-order valence-corrected chi connectivity index (χ1v) is 6.98. The van der Waals surface area contributed by atoms with Crippen LogP contribution in [0.5, 0.6) is 0 Å². The molecule has 0 saturated heterocycles. The van der Waals surface area contributed by atoms with Gasteiger partial charge in [0.2, 0.25) is 0 Å². The van der Waals surface area contributed by atoms with Crippen molar-refractivity contribution in [1.29, 1.82) is 0 Å². The summed E-state index contributed by atoms with van der Waals surface area (Å²) < 4.78 is 0. The molecule has 0 fully saturated rings. The molecule has 0 aliphatic rings. The minimum atomic E-state index is 0.623. The Morgan fingerprint density at radius 2 is 1.65 bits per heavy atom. The van der Waals surface area contributed by atoms with Crippen molar-refractivity contribution in [3.63, 3.8) is 0 Å². The van der Waals surface area contributed by atoms with Crippen molar-refractivity contribution < 1.29 is 0 Å². The van der Waals surface area contributed by atoms with E-state index in [4.69, 9.17) is 0 Å². The van der Waals surface area contributed by atoms with E-state index >= 15 is 0 Å². The molecule has 1 aromatic carbocycles. The number of rotatable bonds is 8. The molecule has 0 aromatic heterocycles. The molecule has 1 rings (SSSR count). The molecule has 0 saturated carbocycles. The smallest absolute Gasteiger partial charge is 0.00103 e. The van der Waals surface area contributed by atoms with E-state index in [1.54, 1.807) is 0 Å². The van der Waals surface area contributed by atoms with Crippen LogP contribution in [0.2, 0.25) is 0 Å². The zero-order valence-electron chi connectivity index (χ0n) is 11.6. The molecule has 1 unspecified atom stereocenters. The third-order valence-electron chi connectivity index (χ3n) is 3.24. The molecule has 0 radical (unpaired) electrons. The molecule has 1 aromatic rings. The topological polar surface area (TPSA) is 12.0 Å². The molecule has 0 heterocycles. The minimum absolute atomic E-state index is 0.623. The maximum Gasteiger partial charge on any atom is 0.00103 e. The maximum atomic E-state index is 3.47. The SMILES string of the molecule is CC(C)NCCCCCC(C)c1ccccc1. The Morgan fingerprint density at radius 3 is 2.29 bits per heavy atom. The molecule has 1 N–H and O–H groups in total. The highest BCUT2D eigenvalue weighted by atomic mass is 14.9. The number of benzene rings is 1. The standard InChI is InChI=1S/C16H27N/c1-14(2)17-13-9-5-6-10-15(3)16-11-7-4-8-12-16/h4,7-8,11-12,14-15,17H,5-6,9-10,13H2,1-3H3. The van der Waals surface area contributed by atoms with Gasteiger partial charge in [-0.25, -0.2) is 0 Å². The van der Waals surface area contributed by atoms with Gasteiger partial charge in [0.1, 0.15) is 0 Å². The van der Waals surface area contributed by atoms with Gasteiger partial charge in [-0.2, -0.15) is 0 Å². The van der Waals surface area contributed by atoms with Crippen molar-refractivity contribution >= 4 is 0 Å². The van der Waals surface area contributed by atoms with Crippen LogP contribution >= 0.6 is 0 Å². The zero-order chi connectivity index (χ0) is 12.5. The lowest BCUT2D eigenvalue weighted by Gasteiger charge is -2.12. The van der Waals surface area contributed by atoms with Gasteiger partial charge in [-0.15, -0.1) is 0 Å². The molecular formula is C16H27N. The van der Waals surface area contributed by atoms with E-state index in [0.717, 1.165) is 6.54 Å². The second-order valence-electron chi connectivity index (χ2n) is 5.27. The van der Waals surface area contributed by atoms with E-state index < -0.39 is 0 Å². The van der Waals surface area contributed by atoms with Gasteiger partial charge in [0.15, 0.2) is 0 Å². The second kappa shape index (κ2) is 8.30. The van der Waals surface area contributed by atoms with Gasteiger partial charge in [-0.05, 0) is 30.9 Å². The van der Waals surface area contributed by atoms with Crippen LogP contribution in [0.4, 0.5) is 0 Å². The summed E-state index contributed by atoms with van der Waals surface area (Å²) in [7, 11) is 0. The van der Waals surface area contributed by atoms with E-state index in [-0.39, 0.29) is 0 Å². The summed E-state index contributed by atoms with van der Waals surface area (Å²) in [5.41, 5.74) is 1.48. The van der Waals surface area contributed by atoms with Crippen LogP contribution in [0.25, 0.3) is 0 Å². The van der Waals surface area contributed by atoms with Crippen molar-refractivity contribution in [2.24, 2.45) is 0 Å². The largest absolute Gasteiger partial charge is 0.315 e. The Kier molecular flexibility index (Phi) is 6.95. The molecule has 1 heteroatoms. The molecule has 0 aliphatic heterocycles. The Morgan fingerprint density at radius 1 is 0.941 bits per heavy atom. The van der Waals surface area contributed by atoms with Gasteiger partial charge in [0.05, 0.1) is 0 Å². The predicted octanol–water partition coefficient (Wildman–Crippen LogP) is 4.35. The lowest BCUT2D eigenvalue weighted by Crippen LogP contribution is -2.23. The van der Waals surface area contributed by atoms with E-state index in [2.05, 4.69) is 56.4 Å². The summed E-state index contributed by atoms with van der Waals surface area (Å²) >= 11 is 0. The van der Waals surface area contributed by atoms with Crippen LogP contribution in [0.1, 0.15) is 57.9 Å². The van der Waals surface area contributed by atoms with Crippen LogP contribution in [-0.2, 0) is 0 Å². The average Bonchev–Trinajstić information content (AvgIpc) is 2.34. The number of unbranched alkanes of at least 4 members (excludes halogenated alkanes) is 2. The van der Waals surface area contributed by atoms with Crippen molar-refractivity contribution in [3.05, 3.63) is 35.9 Å². The first kappa shape index (κ1) is 14.2. The highest BCUT2D eigenvalue weighted by Crippen LogP contribution is 2.21. The fourth-order valence-corrected chi connectivity index (χ4v) is 2.09. The maximum absolute atomic E-state index is 3.47. The van der Waals surface area contributed by atoms with Crippen LogP contribution in [0.15, 0.2) is 30.3 Å². The van der Waals surface area contributed by atoms with E-state index in [0.29, 0.717) is 12.0 Å². The average molecular weight is 233 g/mol. The molecule has 0 bridgehead atoms. The number of hydrogen-bond acceptors (Lipinski definition) is 1. The minimum Gasteiger partial charge on any atom is -0.315 e. The number of nitrogens with one attached hydrogen (secondary N) is 1. The van der Waals surface area contributed by atoms with Gasteiger partial charge < -0.3 is 5.32 Å². The van der Waals surface area contributed by atoms with Crippen LogP contribution < -0.4 is 5.32 Å². The Bertz CT molecular complexity index is 279. The van der Waals surface area contributed by atoms with E-state index in [1.807, 2.05) is 0 Å². The fraction of sp³-hybridized carbons (Fsp3) is 0.625. The quantitative estimate of drug-likeness (QED) is 0.658. The molecule has 1 atom stereocenters. The van der Waals surface area contributed by atoms with Crippen molar-refractivity contribution in [2.45, 2.75) is 58.4 Å². The summed E-state index contributed by atoms with van der Waals surface area (Å²) in [6.07, 6.45) is 5.30. The molecule has 0 aliphatic carbocycles. The van der Waals surface area contributed by atoms with Crippen molar-refractivity contribution in [1.82, 2.24) is 5.32 Å². The summed E-state index contributed by atoms with van der Waals surface area (Å²) in [5.74, 6) is 0.703. The Hall–Kier alpha value is -0.820. The highest BCUT2D eigenvalue weighted by Gasteiger charge is 2.03. The van der Waals surface area contributed by atoms with Gasteiger partial charge in [0.25, 0.3) is 0 Å². The van der Waals surface area contributed by atoms with Gasteiger partial charge in [-0.1, -0.05) is 63.9 Å². The molecule has 17 heavy (non-hydrogen) atoms. The summed E-state index contributed by atoms with van der Waals surface area (Å²) in [5, 5.41) is 3.47. The molecule has 1 nitrogen and oxygen atoms in total. The zero-order valence-corrected chi connectivity index (χ0v) is 11.6. The predicted molar refractivity (Wildman–Crippen MR) is 76.5 cm³/mol. The van der Waals surface area contributed by atoms with Crippen LogP contribution in [0, 0.1) is 0 Å². The summed E-state index contributed by atoms with van der Waals surface area (Å²) in [4.78, 5) is 0. The van der Waals surface area contributed by atoms with Crippen LogP contribution in [0.3, 0.4) is 0 Å². The lowest BCUT2D eigenvalue weighted by molar-refractivity contribution is 0.528. The van der Waals surface area contributed by atoms with Crippen LogP contribution in [-0.4, -0.2) is 12.6 Å².